The second-order valence-corrected chi connectivity index (χ2v) is 7.55. The highest BCUT2D eigenvalue weighted by Crippen LogP contribution is 2.15. The number of carbonyl (C=O) groups is 1. The molecule has 6 nitrogen and oxygen atoms in total. The molecule has 26 heavy (non-hydrogen) atoms. The van der Waals surface area contributed by atoms with Gasteiger partial charge in [-0.15, -0.1) is 0 Å². The molecule has 0 aromatic heterocycles. The summed E-state index contributed by atoms with van der Waals surface area (Å²) >= 11 is 0. The second-order valence-electron chi connectivity index (χ2n) is 5.90. The smallest absolute Gasteiger partial charge is 0.325 e. The molecule has 0 saturated carbocycles. The molecule has 0 N–H and O–H groups in total. The minimum atomic E-state index is -3.67. The van der Waals surface area contributed by atoms with Gasteiger partial charge in [0.05, 0.1) is 20.0 Å². The standard InChI is InChI=1S/C19H23NO5S/c1-24-19(21)18(15-25-26(2,22)23)20(13-16-9-5-3-6-10-16)14-17-11-7-4-8-12-17/h3-12,18H,13-15H2,1-2H3/t18-/m0/s1. The molecule has 0 radical (unpaired) electrons. The van der Waals surface area contributed by atoms with E-state index in [1.807, 2.05) is 65.6 Å². The molecule has 0 fully saturated rings. The molecular formula is C19H23NO5S. The highest BCUT2D eigenvalue weighted by molar-refractivity contribution is 7.85. The summed E-state index contributed by atoms with van der Waals surface area (Å²) in [5, 5.41) is 0. The summed E-state index contributed by atoms with van der Waals surface area (Å²) in [7, 11) is -2.40. The Morgan fingerprint density at radius 1 is 0.962 bits per heavy atom. The third kappa shape index (κ3) is 6.59. The molecule has 2 aromatic rings. The SMILES string of the molecule is COC(=O)[C@H](COS(C)(=O)=O)N(Cc1ccccc1)Cc1ccccc1. The summed E-state index contributed by atoms with van der Waals surface area (Å²) in [5.41, 5.74) is 1.99. The van der Waals surface area contributed by atoms with Gasteiger partial charge < -0.3 is 4.74 Å². The van der Waals surface area contributed by atoms with E-state index in [-0.39, 0.29) is 6.61 Å². The third-order valence-electron chi connectivity index (χ3n) is 3.81. The van der Waals surface area contributed by atoms with Gasteiger partial charge in [-0.25, -0.2) is 0 Å². The molecule has 0 heterocycles. The minimum absolute atomic E-state index is 0.300. The summed E-state index contributed by atoms with van der Waals surface area (Å²) in [6.45, 7) is 0.594. The van der Waals surface area contributed by atoms with Crippen molar-refractivity contribution in [1.82, 2.24) is 4.90 Å². The molecule has 2 aromatic carbocycles. The highest BCUT2D eigenvalue weighted by atomic mass is 32.2. The van der Waals surface area contributed by atoms with Crippen molar-refractivity contribution in [1.29, 1.82) is 0 Å². The Morgan fingerprint density at radius 2 is 1.42 bits per heavy atom. The lowest BCUT2D eigenvalue weighted by molar-refractivity contribution is -0.148. The van der Waals surface area contributed by atoms with Crippen LogP contribution in [0.25, 0.3) is 0 Å². The number of carbonyl (C=O) groups excluding carboxylic acids is 1. The number of benzene rings is 2. The first-order chi connectivity index (χ1) is 12.4. The van der Waals surface area contributed by atoms with Crippen molar-refractivity contribution in [3.8, 4) is 0 Å². The maximum Gasteiger partial charge on any atom is 0.325 e. The highest BCUT2D eigenvalue weighted by Gasteiger charge is 2.29. The van der Waals surface area contributed by atoms with Crippen molar-refractivity contribution in [2.75, 3.05) is 20.0 Å². The van der Waals surface area contributed by atoms with Gasteiger partial charge in [0.1, 0.15) is 6.04 Å². The predicted molar refractivity (Wildman–Crippen MR) is 98.7 cm³/mol. The van der Waals surface area contributed by atoms with Crippen LogP contribution in [0.5, 0.6) is 0 Å². The van der Waals surface area contributed by atoms with E-state index in [0.29, 0.717) is 13.1 Å². The number of hydrogen-bond acceptors (Lipinski definition) is 6. The molecule has 7 heteroatoms. The summed E-state index contributed by atoms with van der Waals surface area (Å²) in [4.78, 5) is 14.2. The molecule has 0 spiro atoms. The average molecular weight is 377 g/mol. The fourth-order valence-electron chi connectivity index (χ4n) is 2.56. The van der Waals surface area contributed by atoms with Crippen molar-refractivity contribution in [2.45, 2.75) is 19.1 Å². The summed E-state index contributed by atoms with van der Waals surface area (Å²) in [6.07, 6.45) is 0.958. The van der Waals surface area contributed by atoms with E-state index in [9.17, 15) is 13.2 Å². The number of hydrogen-bond donors (Lipinski definition) is 0. The lowest BCUT2D eigenvalue weighted by atomic mass is 10.1. The van der Waals surface area contributed by atoms with Crippen LogP contribution < -0.4 is 0 Å². The molecule has 0 amide bonds. The lowest BCUT2D eigenvalue weighted by Crippen LogP contribution is -2.44. The third-order valence-corrected chi connectivity index (χ3v) is 4.38. The lowest BCUT2D eigenvalue weighted by Gasteiger charge is -2.29. The van der Waals surface area contributed by atoms with Crippen LogP contribution >= 0.6 is 0 Å². The Kier molecular flexibility index (Phi) is 7.32. The number of nitrogens with zero attached hydrogens (tertiary/aromatic N) is 1. The second kappa shape index (κ2) is 9.47. The van der Waals surface area contributed by atoms with Crippen LogP contribution in [-0.4, -0.2) is 45.3 Å². The average Bonchev–Trinajstić information content (AvgIpc) is 2.62. The first-order valence-electron chi connectivity index (χ1n) is 8.13. The first-order valence-corrected chi connectivity index (χ1v) is 9.95. The van der Waals surface area contributed by atoms with Gasteiger partial charge in [0.15, 0.2) is 0 Å². The fourth-order valence-corrected chi connectivity index (χ4v) is 2.93. The summed E-state index contributed by atoms with van der Waals surface area (Å²) in [5.74, 6) is -0.541. The molecule has 0 aliphatic heterocycles. The number of methoxy groups -OCH3 is 1. The van der Waals surface area contributed by atoms with Crippen LogP contribution in [0.1, 0.15) is 11.1 Å². The Hall–Kier alpha value is -2.22. The van der Waals surface area contributed by atoms with E-state index in [2.05, 4.69) is 0 Å². The van der Waals surface area contributed by atoms with E-state index in [0.717, 1.165) is 17.4 Å². The fraction of sp³-hybridized carbons (Fsp3) is 0.316. The van der Waals surface area contributed by atoms with Gasteiger partial charge in [0.25, 0.3) is 10.1 Å². The van der Waals surface area contributed by atoms with E-state index < -0.39 is 22.1 Å². The maximum absolute atomic E-state index is 12.3. The zero-order chi connectivity index (χ0) is 19.0. The Bertz CT molecular complexity index is 752. The maximum atomic E-state index is 12.3. The van der Waals surface area contributed by atoms with E-state index >= 15 is 0 Å². The molecule has 0 saturated heterocycles. The number of rotatable bonds is 9. The minimum Gasteiger partial charge on any atom is -0.468 e. The number of ether oxygens (including phenoxy) is 1. The molecular weight excluding hydrogens is 354 g/mol. The van der Waals surface area contributed by atoms with E-state index in [1.165, 1.54) is 7.11 Å². The molecule has 140 valence electrons. The number of esters is 1. The van der Waals surface area contributed by atoms with Crippen molar-refractivity contribution in [2.24, 2.45) is 0 Å². The van der Waals surface area contributed by atoms with Crippen LogP contribution in [0.15, 0.2) is 60.7 Å². The van der Waals surface area contributed by atoms with Gasteiger partial charge in [0, 0.05) is 13.1 Å². The van der Waals surface area contributed by atoms with Gasteiger partial charge in [-0.2, -0.15) is 8.42 Å². The zero-order valence-electron chi connectivity index (χ0n) is 14.9. The largest absolute Gasteiger partial charge is 0.468 e. The quantitative estimate of drug-likeness (QED) is 0.493. The predicted octanol–water partition coefficient (Wildman–Crippen LogP) is 2.21. The van der Waals surface area contributed by atoms with Gasteiger partial charge >= 0.3 is 5.97 Å². The van der Waals surface area contributed by atoms with Crippen LogP contribution in [0.3, 0.4) is 0 Å². The first kappa shape index (κ1) is 20.1. The van der Waals surface area contributed by atoms with Crippen LogP contribution in [0.2, 0.25) is 0 Å². The topological polar surface area (TPSA) is 72.9 Å². The van der Waals surface area contributed by atoms with Crippen molar-refractivity contribution in [3.63, 3.8) is 0 Å². The molecule has 2 rings (SSSR count). The molecule has 0 bridgehead atoms. The molecule has 0 unspecified atom stereocenters. The van der Waals surface area contributed by atoms with Crippen LogP contribution in [0.4, 0.5) is 0 Å². The normalized spacial score (nSPS) is 12.7. The van der Waals surface area contributed by atoms with Gasteiger partial charge in [0.2, 0.25) is 0 Å². The summed E-state index contributed by atoms with van der Waals surface area (Å²) < 4.78 is 32.6. The van der Waals surface area contributed by atoms with E-state index in [4.69, 9.17) is 8.92 Å². The Labute approximate surface area is 154 Å². The molecule has 1 atom stereocenters. The molecule has 0 aliphatic carbocycles. The van der Waals surface area contributed by atoms with Crippen molar-refractivity contribution >= 4 is 16.1 Å². The van der Waals surface area contributed by atoms with Gasteiger partial charge in [-0.1, -0.05) is 60.7 Å². The van der Waals surface area contributed by atoms with E-state index in [1.54, 1.807) is 0 Å². The van der Waals surface area contributed by atoms with Crippen molar-refractivity contribution < 1.29 is 22.1 Å². The zero-order valence-corrected chi connectivity index (χ0v) is 15.7. The Morgan fingerprint density at radius 3 is 1.81 bits per heavy atom. The summed E-state index contributed by atoms with van der Waals surface area (Å²) in [6, 6.07) is 18.4. The van der Waals surface area contributed by atoms with Crippen molar-refractivity contribution in [3.05, 3.63) is 71.8 Å². The molecule has 0 aliphatic rings. The van der Waals surface area contributed by atoms with Gasteiger partial charge in [-0.3, -0.25) is 13.9 Å². The van der Waals surface area contributed by atoms with Crippen LogP contribution in [-0.2, 0) is 36.9 Å². The Balaban J connectivity index is 2.28. The monoisotopic (exact) mass is 377 g/mol. The van der Waals surface area contributed by atoms with Crippen LogP contribution in [0, 0.1) is 0 Å². The van der Waals surface area contributed by atoms with Gasteiger partial charge in [-0.05, 0) is 11.1 Å².